The molecule has 0 bridgehead atoms. The Hall–Kier alpha value is 0.324. The Bertz CT molecular complexity index is 132. The third kappa shape index (κ3) is 22.8. The van der Waals surface area contributed by atoms with Crippen LogP contribution in [0.15, 0.2) is 30.9 Å². The number of hydrogen-bond acceptors (Lipinski definition) is 0. The summed E-state index contributed by atoms with van der Waals surface area (Å²) < 4.78 is 0. The van der Waals surface area contributed by atoms with Crippen molar-refractivity contribution in [2.45, 2.75) is 41.5 Å². The van der Waals surface area contributed by atoms with E-state index in [-0.39, 0.29) is 32.7 Å². The zero-order valence-corrected chi connectivity index (χ0v) is 13.6. The molecule has 0 nitrogen and oxygen atoms in total. The van der Waals surface area contributed by atoms with Crippen LogP contribution in [0.5, 0.6) is 0 Å². The Balaban J connectivity index is -0.0000000883. The summed E-state index contributed by atoms with van der Waals surface area (Å²) in [5.41, 5.74) is 1.12. The van der Waals surface area contributed by atoms with Gasteiger partial charge in [-0.1, -0.05) is 41.5 Å². The van der Waals surface area contributed by atoms with Gasteiger partial charge in [0.05, 0.1) is 0 Å². The maximum absolute atomic E-state index is 3.84. The average molecular weight is 270 g/mol. The zero-order chi connectivity index (χ0) is 11.3. The van der Waals surface area contributed by atoms with Crippen molar-refractivity contribution in [3.63, 3.8) is 0 Å². The maximum atomic E-state index is 3.84. The quantitative estimate of drug-likeness (QED) is 0.510. The summed E-state index contributed by atoms with van der Waals surface area (Å²) in [5.74, 6) is 0.523. The molecule has 81 valence electrons. The SMILES string of the molecule is C=[C-]/C=C\C(=C)C(C)C.CC.CC.[Y]. The van der Waals surface area contributed by atoms with Crippen molar-refractivity contribution in [3.05, 3.63) is 37.0 Å². The van der Waals surface area contributed by atoms with E-state index >= 15 is 0 Å². The van der Waals surface area contributed by atoms with Gasteiger partial charge >= 0.3 is 0 Å². The van der Waals surface area contributed by atoms with Crippen molar-refractivity contribution < 1.29 is 32.7 Å². The van der Waals surface area contributed by atoms with Gasteiger partial charge in [0, 0.05) is 32.7 Å². The summed E-state index contributed by atoms with van der Waals surface area (Å²) in [6.07, 6.45) is 6.37. The minimum atomic E-state index is 0. The average Bonchev–Trinajstić information content (AvgIpc) is 2.20. The summed E-state index contributed by atoms with van der Waals surface area (Å²) in [5, 5.41) is 0. The van der Waals surface area contributed by atoms with E-state index < -0.39 is 0 Å². The third-order valence-electron chi connectivity index (χ3n) is 1.16. The van der Waals surface area contributed by atoms with E-state index in [1.54, 1.807) is 6.08 Å². The molecular formula is C13H25Y-. The number of rotatable bonds is 3. The molecular weight excluding hydrogens is 245 g/mol. The van der Waals surface area contributed by atoms with E-state index in [4.69, 9.17) is 0 Å². The van der Waals surface area contributed by atoms with Crippen LogP contribution < -0.4 is 0 Å². The summed E-state index contributed by atoms with van der Waals surface area (Å²) >= 11 is 0. The van der Waals surface area contributed by atoms with Gasteiger partial charge in [0.25, 0.3) is 0 Å². The van der Waals surface area contributed by atoms with Gasteiger partial charge in [0.2, 0.25) is 0 Å². The molecule has 0 saturated carbocycles. The van der Waals surface area contributed by atoms with E-state index in [0.29, 0.717) is 5.92 Å². The summed E-state index contributed by atoms with van der Waals surface area (Å²) in [7, 11) is 0. The molecule has 0 aromatic rings. The molecule has 0 aliphatic rings. The predicted molar refractivity (Wildman–Crippen MR) is 64.7 cm³/mol. The van der Waals surface area contributed by atoms with Gasteiger partial charge in [0.1, 0.15) is 0 Å². The van der Waals surface area contributed by atoms with Crippen molar-refractivity contribution in [1.82, 2.24) is 0 Å². The van der Waals surface area contributed by atoms with Crippen LogP contribution in [0.2, 0.25) is 0 Å². The molecule has 0 heterocycles. The van der Waals surface area contributed by atoms with Gasteiger partial charge in [-0.2, -0.15) is 6.58 Å². The van der Waals surface area contributed by atoms with Crippen LogP contribution >= 0.6 is 0 Å². The minimum Gasteiger partial charge on any atom is -0.258 e. The molecule has 1 heteroatoms. The maximum Gasteiger partial charge on any atom is 0 e. The molecule has 0 aliphatic carbocycles. The Kier molecular flexibility index (Phi) is 39.7. The molecule has 1 radical (unpaired) electrons. The van der Waals surface area contributed by atoms with Gasteiger partial charge in [0.15, 0.2) is 0 Å². The molecule has 0 aromatic carbocycles. The largest absolute Gasteiger partial charge is 0.258 e. The molecule has 0 spiro atoms. The molecule has 0 atom stereocenters. The summed E-state index contributed by atoms with van der Waals surface area (Å²) in [4.78, 5) is 0. The van der Waals surface area contributed by atoms with Gasteiger partial charge in [-0.15, -0.1) is 12.2 Å². The van der Waals surface area contributed by atoms with E-state index in [9.17, 15) is 0 Å². The van der Waals surface area contributed by atoms with Crippen molar-refractivity contribution in [2.75, 3.05) is 0 Å². The van der Waals surface area contributed by atoms with E-state index in [2.05, 4.69) is 33.1 Å². The van der Waals surface area contributed by atoms with Crippen LogP contribution in [-0.2, 0) is 32.7 Å². The molecule has 0 unspecified atom stereocenters. The first-order valence-corrected chi connectivity index (χ1v) is 5.06. The second-order valence-electron chi connectivity index (χ2n) is 2.27. The molecule has 0 aliphatic heterocycles. The Morgan fingerprint density at radius 2 is 1.50 bits per heavy atom. The fraction of sp³-hybridized carbons (Fsp3) is 0.538. The van der Waals surface area contributed by atoms with Crippen molar-refractivity contribution in [2.24, 2.45) is 5.92 Å². The van der Waals surface area contributed by atoms with Crippen molar-refractivity contribution in [1.29, 1.82) is 0 Å². The van der Waals surface area contributed by atoms with Crippen LogP contribution in [-0.4, -0.2) is 0 Å². The van der Waals surface area contributed by atoms with E-state index in [1.165, 1.54) is 0 Å². The summed E-state index contributed by atoms with van der Waals surface area (Å²) in [6.45, 7) is 19.5. The van der Waals surface area contributed by atoms with E-state index in [0.717, 1.165) is 5.57 Å². The molecule has 0 saturated heterocycles. The van der Waals surface area contributed by atoms with Gasteiger partial charge in [-0.3, -0.25) is 6.08 Å². The molecule has 0 aromatic heterocycles. The first-order chi connectivity index (χ1) is 6.18. The standard InChI is InChI=1S/C9H13.2C2H6.Y/c1-5-6-7-9(4)8(2)3;2*1-2;/h6-8H,1,4H2,2-3H3;2*1-2H3;/q-1;;;/b7-6-;;;. The van der Waals surface area contributed by atoms with Crippen molar-refractivity contribution in [3.8, 4) is 0 Å². The second kappa shape index (κ2) is 23.3. The van der Waals surface area contributed by atoms with Crippen LogP contribution in [0.25, 0.3) is 0 Å². The Morgan fingerprint density at radius 1 is 1.14 bits per heavy atom. The van der Waals surface area contributed by atoms with Crippen molar-refractivity contribution >= 4 is 0 Å². The van der Waals surface area contributed by atoms with Crippen LogP contribution in [0.3, 0.4) is 0 Å². The fourth-order valence-electron chi connectivity index (χ4n) is 0.358. The van der Waals surface area contributed by atoms with Crippen LogP contribution in [0.4, 0.5) is 0 Å². The molecule has 0 amide bonds. The van der Waals surface area contributed by atoms with Gasteiger partial charge in [-0.25, -0.2) is 12.2 Å². The minimum absolute atomic E-state index is 0. The third-order valence-corrected chi connectivity index (χ3v) is 1.16. The fourth-order valence-corrected chi connectivity index (χ4v) is 0.358. The number of allylic oxidation sites excluding steroid dienone is 4. The first-order valence-electron chi connectivity index (χ1n) is 5.06. The number of hydrogen-bond donors (Lipinski definition) is 0. The zero-order valence-electron chi connectivity index (χ0n) is 10.7. The Labute approximate surface area is 116 Å². The molecule has 0 N–H and O–H groups in total. The van der Waals surface area contributed by atoms with Crippen LogP contribution in [0, 0.1) is 12.0 Å². The second-order valence-corrected chi connectivity index (χ2v) is 2.27. The van der Waals surface area contributed by atoms with Crippen LogP contribution in [0.1, 0.15) is 41.5 Å². The molecule has 14 heavy (non-hydrogen) atoms. The molecule has 0 rings (SSSR count). The molecule has 0 fully saturated rings. The monoisotopic (exact) mass is 270 g/mol. The summed E-state index contributed by atoms with van der Waals surface area (Å²) in [6, 6.07) is 0. The van der Waals surface area contributed by atoms with Gasteiger partial charge < -0.3 is 0 Å². The smallest absolute Gasteiger partial charge is 0 e. The predicted octanol–water partition coefficient (Wildman–Crippen LogP) is 4.79. The topological polar surface area (TPSA) is 0 Å². The van der Waals surface area contributed by atoms with Gasteiger partial charge in [-0.05, 0) is 5.92 Å². The normalized spacial score (nSPS) is 7.64. The Morgan fingerprint density at radius 3 is 1.71 bits per heavy atom. The first kappa shape index (κ1) is 23.9. The van der Waals surface area contributed by atoms with E-state index in [1.807, 2.05) is 33.8 Å².